The number of benzene rings is 1. The first-order valence-electron chi connectivity index (χ1n) is 11.1. The van der Waals surface area contributed by atoms with Crippen LogP contribution in [0.4, 0.5) is 0 Å². The van der Waals surface area contributed by atoms with Crippen molar-refractivity contribution in [1.82, 2.24) is 4.98 Å². The minimum absolute atomic E-state index is 0.912. The van der Waals surface area contributed by atoms with E-state index in [-0.39, 0.29) is 0 Å². The Labute approximate surface area is 173 Å². The number of aromatic amines is 1. The SMILES string of the molecule is CCCCCCCCCCCCC1CCc2[nH]c3cc(I)ccc3c2C1. The van der Waals surface area contributed by atoms with Crippen molar-refractivity contribution in [1.29, 1.82) is 0 Å². The van der Waals surface area contributed by atoms with E-state index in [0.717, 1.165) is 5.92 Å². The lowest BCUT2D eigenvalue weighted by Crippen LogP contribution is -2.13. The van der Waals surface area contributed by atoms with Crippen molar-refractivity contribution in [3.8, 4) is 0 Å². The predicted octanol–water partition coefficient (Wildman–Crippen LogP) is 8.19. The maximum absolute atomic E-state index is 3.68. The fraction of sp³-hybridized carbons (Fsp3) is 0.667. The lowest BCUT2D eigenvalue weighted by atomic mass is 9.83. The third kappa shape index (κ3) is 5.74. The van der Waals surface area contributed by atoms with Gasteiger partial charge in [0.05, 0.1) is 0 Å². The zero-order chi connectivity index (χ0) is 18.2. The molecule has 0 saturated heterocycles. The summed E-state index contributed by atoms with van der Waals surface area (Å²) < 4.78 is 1.33. The number of halogens is 1. The van der Waals surface area contributed by atoms with Gasteiger partial charge in [0.25, 0.3) is 0 Å². The summed E-state index contributed by atoms with van der Waals surface area (Å²) in [5.41, 5.74) is 4.49. The Morgan fingerprint density at radius 1 is 0.962 bits per heavy atom. The monoisotopic (exact) mass is 465 g/mol. The summed E-state index contributed by atoms with van der Waals surface area (Å²) in [6.07, 6.45) is 19.8. The van der Waals surface area contributed by atoms with Crippen LogP contribution in [0.1, 0.15) is 95.2 Å². The predicted molar refractivity (Wildman–Crippen MR) is 123 cm³/mol. The Kier molecular flexibility index (Phi) is 8.35. The van der Waals surface area contributed by atoms with Crippen LogP contribution in [-0.4, -0.2) is 4.98 Å². The number of H-pyrrole nitrogens is 1. The molecule has 0 radical (unpaired) electrons. The van der Waals surface area contributed by atoms with Crippen molar-refractivity contribution in [2.24, 2.45) is 5.92 Å². The zero-order valence-corrected chi connectivity index (χ0v) is 18.7. The number of aryl methyl sites for hydroxylation is 1. The Morgan fingerprint density at radius 3 is 2.38 bits per heavy atom. The molecule has 1 N–H and O–H groups in total. The van der Waals surface area contributed by atoms with Gasteiger partial charge in [-0.2, -0.15) is 0 Å². The summed E-state index contributed by atoms with van der Waals surface area (Å²) in [5.74, 6) is 0.912. The third-order valence-corrected chi connectivity index (χ3v) is 6.89. The molecule has 1 aliphatic carbocycles. The average Bonchev–Trinajstić information content (AvgIpc) is 3.00. The van der Waals surface area contributed by atoms with E-state index in [1.54, 1.807) is 5.56 Å². The van der Waals surface area contributed by atoms with Crippen molar-refractivity contribution in [2.45, 2.75) is 96.8 Å². The molecule has 1 aromatic carbocycles. The number of unbranched alkanes of at least 4 members (excludes halogenated alkanes) is 9. The topological polar surface area (TPSA) is 15.8 Å². The number of hydrogen-bond acceptors (Lipinski definition) is 0. The van der Waals surface area contributed by atoms with Crippen LogP contribution in [0.3, 0.4) is 0 Å². The van der Waals surface area contributed by atoms with E-state index >= 15 is 0 Å². The van der Waals surface area contributed by atoms with Crippen molar-refractivity contribution in [2.75, 3.05) is 0 Å². The molecule has 0 aliphatic heterocycles. The highest BCUT2D eigenvalue weighted by Gasteiger charge is 2.22. The smallest absolute Gasteiger partial charge is 0.0469 e. The van der Waals surface area contributed by atoms with Crippen molar-refractivity contribution >= 4 is 33.5 Å². The Bertz CT molecular complexity index is 672. The Balaban J connectivity index is 1.33. The van der Waals surface area contributed by atoms with E-state index in [1.165, 1.54) is 110 Å². The number of rotatable bonds is 11. The molecule has 1 unspecified atom stereocenters. The fourth-order valence-electron chi connectivity index (χ4n) is 4.64. The maximum atomic E-state index is 3.68. The number of nitrogens with one attached hydrogen (secondary N) is 1. The van der Waals surface area contributed by atoms with Crippen LogP contribution in [0.15, 0.2) is 18.2 Å². The van der Waals surface area contributed by atoms with Crippen molar-refractivity contribution in [3.05, 3.63) is 33.0 Å². The summed E-state index contributed by atoms with van der Waals surface area (Å²) in [6, 6.07) is 6.88. The largest absolute Gasteiger partial charge is 0.358 e. The molecule has 3 rings (SSSR count). The lowest BCUT2D eigenvalue weighted by Gasteiger charge is -2.22. The molecule has 1 aliphatic rings. The number of hydrogen-bond donors (Lipinski definition) is 1. The minimum atomic E-state index is 0.912. The van der Waals surface area contributed by atoms with Crippen LogP contribution in [-0.2, 0) is 12.8 Å². The van der Waals surface area contributed by atoms with E-state index in [0.29, 0.717) is 0 Å². The molecule has 0 fully saturated rings. The third-order valence-electron chi connectivity index (χ3n) is 6.22. The van der Waals surface area contributed by atoms with Gasteiger partial charge in [-0.1, -0.05) is 83.6 Å². The highest BCUT2D eigenvalue weighted by Crippen LogP contribution is 2.34. The first-order valence-corrected chi connectivity index (χ1v) is 12.1. The zero-order valence-electron chi connectivity index (χ0n) is 16.6. The summed E-state index contributed by atoms with van der Waals surface area (Å²) in [6.45, 7) is 2.30. The first kappa shape index (κ1) is 20.2. The lowest BCUT2D eigenvalue weighted by molar-refractivity contribution is 0.403. The van der Waals surface area contributed by atoms with Gasteiger partial charge in [-0.15, -0.1) is 0 Å². The molecule has 0 amide bonds. The van der Waals surface area contributed by atoms with Gasteiger partial charge in [0.15, 0.2) is 0 Å². The maximum Gasteiger partial charge on any atom is 0.0469 e. The van der Waals surface area contributed by atoms with Gasteiger partial charge in [0, 0.05) is 20.2 Å². The van der Waals surface area contributed by atoms with Crippen molar-refractivity contribution in [3.63, 3.8) is 0 Å². The van der Waals surface area contributed by atoms with Crippen LogP contribution in [0.2, 0.25) is 0 Å². The molecular weight excluding hydrogens is 429 g/mol. The highest BCUT2D eigenvalue weighted by atomic mass is 127. The minimum Gasteiger partial charge on any atom is -0.358 e. The van der Waals surface area contributed by atoms with Crippen molar-refractivity contribution < 1.29 is 0 Å². The molecule has 1 nitrogen and oxygen atoms in total. The van der Waals surface area contributed by atoms with Crippen LogP contribution in [0.25, 0.3) is 10.9 Å². The van der Waals surface area contributed by atoms with E-state index in [2.05, 4.69) is 52.7 Å². The Hall–Kier alpha value is -0.510. The van der Waals surface area contributed by atoms with Gasteiger partial charge in [0.2, 0.25) is 0 Å². The molecule has 1 atom stereocenters. The molecular formula is C24H36IN. The van der Waals surface area contributed by atoms with E-state index in [9.17, 15) is 0 Å². The Morgan fingerprint density at radius 2 is 1.65 bits per heavy atom. The van der Waals surface area contributed by atoms with E-state index < -0.39 is 0 Å². The molecule has 26 heavy (non-hydrogen) atoms. The fourth-order valence-corrected chi connectivity index (χ4v) is 5.13. The second kappa shape index (κ2) is 10.7. The van der Waals surface area contributed by atoms with E-state index in [4.69, 9.17) is 0 Å². The van der Waals surface area contributed by atoms with Crippen LogP contribution in [0.5, 0.6) is 0 Å². The number of aromatic nitrogens is 1. The molecule has 0 bridgehead atoms. The van der Waals surface area contributed by atoms with Gasteiger partial charge in [-0.05, 0) is 65.5 Å². The molecule has 0 saturated carbocycles. The second-order valence-electron chi connectivity index (χ2n) is 8.35. The second-order valence-corrected chi connectivity index (χ2v) is 9.60. The summed E-state index contributed by atoms with van der Waals surface area (Å²) in [7, 11) is 0. The number of fused-ring (bicyclic) bond motifs is 3. The summed E-state index contributed by atoms with van der Waals surface area (Å²) in [4.78, 5) is 3.68. The molecule has 1 heterocycles. The van der Waals surface area contributed by atoms with Gasteiger partial charge in [0.1, 0.15) is 0 Å². The van der Waals surface area contributed by atoms with Gasteiger partial charge < -0.3 is 4.98 Å². The highest BCUT2D eigenvalue weighted by molar-refractivity contribution is 14.1. The molecule has 0 spiro atoms. The van der Waals surface area contributed by atoms with E-state index in [1.807, 2.05) is 0 Å². The standard InChI is InChI=1S/C24H36IN/c1-2-3-4-5-6-7-8-9-10-11-12-19-13-16-23-22(17-19)21-15-14-20(25)18-24(21)26-23/h14-15,18-19,26H,2-13,16-17H2,1H3. The normalized spacial score (nSPS) is 16.9. The summed E-state index contributed by atoms with van der Waals surface area (Å²) in [5, 5.41) is 1.48. The van der Waals surface area contributed by atoms with Gasteiger partial charge in [-0.3, -0.25) is 0 Å². The van der Waals surface area contributed by atoms with Crippen LogP contribution < -0.4 is 0 Å². The van der Waals surface area contributed by atoms with Gasteiger partial charge in [-0.25, -0.2) is 0 Å². The van der Waals surface area contributed by atoms with Crippen LogP contribution >= 0.6 is 22.6 Å². The summed E-state index contributed by atoms with van der Waals surface area (Å²) >= 11 is 2.41. The first-order chi connectivity index (χ1) is 12.8. The molecule has 1 aromatic heterocycles. The molecule has 144 valence electrons. The van der Waals surface area contributed by atoms with Gasteiger partial charge >= 0.3 is 0 Å². The quantitative estimate of drug-likeness (QED) is 0.254. The average molecular weight is 465 g/mol. The van der Waals surface area contributed by atoms with Crippen LogP contribution in [0, 0.1) is 9.49 Å². The molecule has 2 heteroatoms. The molecule has 2 aromatic rings.